The van der Waals surface area contributed by atoms with Gasteiger partial charge in [-0.2, -0.15) is 0 Å². The number of halogens is 1. The number of alkyl halides is 1. The van der Waals surface area contributed by atoms with E-state index in [0.29, 0.717) is 17.2 Å². The quantitative estimate of drug-likeness (QED) is 0.675. The Labute approximate surface area is 133 Å². The first-order valence-electron chi connectivity index (χ1n) is 7.84. The average molecular weight is 307 g/mol. The fraction of sp³-hybridized carbons (Fsp3) is 0.611. The summed E-state index contributed by atoms with van der Waals surface area (Å²) in [6.45, 7) is 12.3. The Kier molecular flexibility index (Phi) is 4.98. The first-order valence-corrected chi connectivity index (χ1v) is 8.37. The van der Waals surface area contributed by atoms with Crippen LogP contribution in [0.15, 0.2) is 18.2 Å². The number of benzene rings is 1. The third kappa shape index (κ3) is 4.23. The van der Waals surface area contributed by atoms with Crippen LogP contribution in [-0.2, 0) is 18.8 Å². The molecule has 0 radical (unpaired) electrons. The third-order valence-corrected chi connectivity index (χ3v) is 3.91. The smallest absolute Gasteiger partial charge is 0.124 e. The maximum atomic E-state index is 6.08. The molecule has 0 amide bonds. The number of rotatable bonds is 5. The van der Waals surface area contributed by atoms with E-state index in [1.807, 2.05) is 0 Å². The zero-order valence-corrected chi connectivity index (χ0v) is 14.7. The van der Waals surface area contributed by atoms with Gasteiger partial charge in [-0.15, -0.1) is 11.6 Å². The summed E-state index contributed by atoms with van der Waals surface area (Å²) >= 11 is 6.08. The second-order valence-corrected chi connectivity index (χ2v) is 7.82. The molecule has 0 aliphatic heterocycles. The lowest BCUT2D eigenvalue weighted by atomic mass is 9.88. The Morgan fingerprint density at radius 2 is 1.95 bits per heavy atom. The minimum absolute atomic E-state index is 0.295. The van der Waals surface area contributed by atoms with Crippen molar-refractivity contribution in [3.8, 4) is 0 Å². The minimum Gasteiger partial charge on any atom is -0.327 e. The van der Waals surface area contributed by atoms with Gasteiger partial charge in [0.15, 0.2) is 0 Å². The van der Waals surface area contributed by atoms with E-state index in [-0.39, 0.29) is 0 Å². The molecule has 0 aliphatic carbocycles. The molecule has 1 aromatic carbocycles. The Bertz CT molecular complexity index is 605. The van der Waals surface area contributed by atoms with Crippen LogP contribution >= 0.6 is 11.6 Å². The predicted octanol–water partition coefficient (Wildman–Crippen LogP) is 5.41. The molecule has 0 fully saturated rings. The largest absolute Gasteiger partial charge is 0.327 e. The Morgan fingerprint density at radius 1 is 1.24 bits per heavy atom. The zero-order chi connectivity index (χ0) is 15.6. The maximum absolute atomic E-state index is 6.08. The highest BCUT2D eigenvalue weighted by atomic mass is 35.5. The molecule has 0 spiro atoms. The van der Waals surface area contributed by atoms with E-state index in [9.17, 15) is 0 Å². The summed E-state index contributed by atoms with van der Waals surface area (Å²) < 4.78 is 2.28. The van der Waals surface area contributed by atoms with Gasteiger partial charge in [-0.1, -0.05) is 40.7 Å². The first kappa shape index (κ1) is 16.4. The van der Waals surface area contributed by atoms with E-state index in [0.717, 1.165) is 30.7 Å². The van der Waals surface area contributed by atoms with Crippen molar-refractivity contribution in [1.29, 1.82) is 0 Å². The number of fused-ring (bicyclic) bond motifs is 1. The van der Waals surface area contributed by atoms with E-state index in [1.54, 1.807) is 0 Å². The molecule has 1 heterocycles. The third-order valence-electron chi connectivity index (χ3n) is 3.68. The first-order chi connectivity index (χ1) is 9.80. The fourth-order valence-corrected chi connectivity index (χ4v) is 2.89. The lowest BCUT2D eigenvalue weighted by Crippen LogP contribution is -2.09. The summed E-state index contributed by atoms with van der Waals surface area (Å²) in [6, 6.07) is 6.67. The van der Waals surface area contributed by atoms with Gasteiger partial charge < -0.3 is 4.57 Å². The molecule has 0 unspecified atom stereocenters. The van der Waals surface area contributed by atoms with E-state index < -0.39 is 0 Å². The van der Waals surface area contributed by atoms with Crippen molar-refractivity contribution in [3.05, 3.63) is 29.6 Å². The van der Waals surface area contributed by atoms with Gasteiger partial charge in [0.2, 0.25) is 0 Å². The Hall–Kier alpha value is -1.02. The van der Waals surface area contributed by atoms with Crippen LogP contribution in [0.3, 0.4) is 0 Å². The van der Waals surface area contributed by atoms with Gasteiger partial charge in [0.25, 0.3) is 0 Å². The molecular weight excluding hydrogens is 280 g/mol. The number of hydrogen-bond donors (Lipinski definition) is 0. The van der Waals surface area contributed by atoms with Crippen molar-refractivity contribution < 1.29 is 0 Å². The molecule has 2 nitrogen and oxygen atoms in total. The van der Waals surface area contributed by atoms with E-state index in [1.165, 1.54) is 11.1 Å². The molecule has 21 heavy (non-hydrogen) atoms. The Morgan fingerprint density at radius 3 is 2.52 bits per heavy atom. The SMILES string of the molecule is CC(C)CCn1c(CCl)nc2cc(CC(C)(C)C)ccc21. The molecule has 116 valence electrons. The molecule has 0 N–H and O–H groups in total. The second kappa shape index (κ2) is 6.39. The average Bonchev–Trinajstić information content (AvgIpc) is 2.71. The van der Waals surface area contributed by atoms with Crippen LogP contribution in [0, 0.1) is 11.3 Å². The maximum Gasteiger partial charge on any atom is 0.124 e. The molecule has 0 bridgehead atoms. The highest BCUT2D eigenvalue weighted by Gasteiger charge is 2.14. The van der Waals surface area contributed by atoms with Crippen LogP contribution in [0.2, 0.25) is 0 Å². The van der Waals surface area contributed by atoms with Gasteiger partial charge in [0.05, 0.1) is 16.9 Å². The number of hydrogen-bond acceptors (Lipinski definition) is 1. The molecule has 0 atom stereocenters. The number of aromatic nitrogens is 2. The van der Waals surface area contributed by atoms with Gasteiger partial charge in [0, 0.05) is 6.54 Å². The molecule has 0 aliphatic rings. The van der Waals surface area contributed by atoms with Crippen LogP contribution in [0.5, 0.6) is 0 Å². The lowest BCUT2D eigenvalue weighted by molar-refractivity contribution is 0.411. The van der Waals surface area contributed by atoms with Gasteiger partial charge in [-0.3, -0.25) is 0 Å². The lowest BCUT2D eigenvalue weighted by Gasteiger charge is -2.18. The van der Waals surface area contributed by atoms with Crippen LogP contribution in [0.4, 0.5) is 0 Å². The second-order valence-electron chi connectivity index (χ2n) is 7.56. The van der Waals surface area contributed by atoms with Crippen LogP contribution in [-0.4, -0.2) is 9.55 Å². The van der Waals surface area contributed by atoms with Crippen molar-refractivity contribution >= 4 is 22.6 Å². The van der Waals surface area contributed by atoms with E-state index in [4.69, 9.17) is 16.6 Å². The van der Waals surface area contributed by atoms with Crippen LogP contribution < -0.4 is 0 Å². The molecule has 0 saturated heterocycles. The van der Waals surface area contributed by atoms with Crippen molar-refractivity contribution in [2.45, 2.75) is 59.9 Å². The van der Waals surface area contributed by atoms with Gasteiger partial charge in [0.1, 0.15) is 5.82 Å². The van der Waals surface area contributed by atoms with Crippen molar-refractivity contribution in [2.24, 2.45) is 11.3 Å². The highest BCUT2D eigenvalue weighted by molar-refractivity contribution is 6.16. The zero-order valence-electron chi connectivity index (χ0n) is 13.9. The summed E-state index contributed by atoms with van der Waals surface area (Å²) in [6.07, 6.45) is 2.22. The summed E-state index contributed by atoms with van der Waals surface area (Å²) in [5, 5.41) is 0. The highest BCUT2D eigenvalue weighted by Crippen LogP contribution is 2.25. The standard InChI is InChI=1S/C18H27ClN2/c1-13(2)8-9-21-16-7-6-14(11-18(3,4)5)10-15(16)20-17(21)12-19/h6-7,10,13H,8-9,11-12H2,1-5H3. The number of aryl methyl sites for hydroxylation is 1. The Balaban J connectivity index is 2.36. The molecule has 0 saturated carbocycles. The van der Waals surface area contributed by atoms with Crippen LogP contribution in [0.1, 0.15) is 52.4 Å². The molecule has 2 rings (SSSR count). The van der Waals surface area contributed by atoms with Crippen molar-refractivity contribution in [3.63, 3.8) is 0 Å². The monoisotopic (exact) mass is 306 g/mol. The fourth-order valence-electron chi connectivity index (χ4n) is 2.69. The van der Waals surface area contributed by atoms with E-state index >= 15 is 0 Å². The molecule has 3 heteroatoms. The van der Waals surface area contributed by atoms with Gasteiger partial charge in [-0.25, -0.2) is 4.98 Å². The summed E-state index contributed by atoms with van der Waals surface area (Å²) in [5.74, 6) is 2.15. The van der Waals surface area contributed by atoms with Gasteiger partial charge in [-0.05, 0) is 41.9 Å². The van der Waals surface area contributed by atoms with Crippen molar-refractivity contribution in [1.82, 2.24) is 9.55 Å². The van der Waals surface area contributed by atoms with E-state index in [2.05, 4.69) is 57.4 Å². The number of imidazole rings is 1. The minimum atomic E-state index is 0.295. The summed E-state index contributed by atoms with van der Waals surface area (Å²) in [4.78, 5) is 4.73. The molecule has 1 aromatic heterocycles. The predicted molar refractivity (Wildman–Crippen MR) is 91.9 cm³/mol. The summed E-state index contributed by atoms with van der Waals surface area (Å²) in [5.41, 5.74) is 3.94. The normalized spacial score (nSPS) is 12.5. The van der Waals surface area contributed by atoms with Crippen LogP contribution in [0.25, 0.3) is 11.0 Å². The van der Waals surface area contributed by atoms with Gasteiger partial charge >= 0.3 is 0 Å². The van der Waals surface area contributed by atoms with Crippen molar-refractivity contribution in [2.75, 3.05) is 0 Å². The topological polar surface area (TPSA) is 17.8 Å². The molecular formula is C18H27ClN2. The number of nitrogens with zero attached hydrogens (tertiary/aromatic N) is 2. The molecule has 2 aromatic rings. The summed E-state index contributed by atoms with van der Waals surface area (Å²) in [7, 11) is 0.